The number of aromatic nitrogens is 2. The van der Waals surface area contributed by atoms with Crippen LogP contribution in [0.5, 0.6) is 0 Å². The van der Waals surface area contributed by atoms with Gasteiger partial charge in [0.25, 0.3) is 0 Å². The van der Waals surface area contributed by atoms with Crippen molar-refractivity contribution < 1.29 is 17.4 Å². The number of halogens is 3. The number of pyridine rings is 1. The van der Waals surface area contributed by atoms with E-state index in [0.717, 1.165) is 4.57 Å². The molecule has 22 heavy (non-hydrogen) atoms. The van der Waals surface area contributed by atoms with E-state index < -0.39 is 28.5 Å². The molecule has 2 heterocycles. The van der Waals surface area contributed by atoms with Gasteiger partial charge in [0.2, 0.25) is 0 Å². The van der Waals surface area contributed by atoms with E-state index in [2.05, 4.69) is 9.38 Å². The molecule has 0 aromatic carbocycles. The second-order valence-corrected chi connectivity index (χ2v) is 7.76. The van der Waals surface area contributed by atoms with Crippen LogP contribution in [0.15, 0.2) is 28.9 Å². The number of nitrogens with zero attached hydrogens (tertiary/aromatic N) is 3. The van der Waals surface area contributed by atoms with Gasteiger partial charge in [-0.05, 0) is 32.9 Å². The fraction of sp³-hybridized carbons (Fsp3) is 0.429. The standard InChI is InChI=1S/C14H16F3N3OS/c1-13(2,3)22(21)19-7-11-6-10-4-5-20(9-14(15,16)17)12(10)8-18-11/h4-8H,9H2,1-3H3/b19-7+. The van der Waals surface area contributed by atoms with Gasteiger partial charge in [0.05, 0.1) is 28.4 Å². The van der Waals surface area contributed by atoms with Gasteiger partial charge < -0.3 is 4.57 Å². The minimum atomic E-state index is -4.28. The zero-order valence-electron chi connectivity index (χ0n) is 12.4. The van der Waals surface area contributed by atoms with E-state index in [-0.39, 0.29) is 0 Å². The van der Waals surface area contributed by atoms with Crippen LogP contribution in [0.3, 0.4) is 0 Å². The average molecular weight is 331 g/mol. The Bertz CT molecular complexity index is 729. The van der Waals surface area contributed by atoms with Gasteiger partial charge in [0.1, 0.15) is 17.5 Å². The van der Waals surface area contributed by atoms with E-state index in [1.807, 2.05) is 0 Å². The molecular weight excluding hydrogens is 315 g/mol. The summed E-state index contributed by atoms with van der Waals surface area (Å²) in [7, 11) is -1.40. The average Bonchev–Trinajstić information content (AvgIpc) is 2.75. The molecule has 0 fully saturated rings. The Balaban J connectivity index is 2.26. The van der Waals surface area contributed by atoms with Gasteiger partial charge in [-0.15, -0.1) is 0 Å². The summed E-state index contributed by atoms with van der Waals surface area (Å²) in [6.45, 7) is 4.34. The molecule has 0 bridgehead atoms. The highest BCUT2D eigenvalue weighted by Crippen LogP contribution is 2.22. The van der Waals surface area contributed by atoms with Crippen molar-refractivity contribution in [1.82, 2.24) is 9.55 Å². The zero-order valence-corrected chi connectivity index (χ0v) is 13.2. The normalized spacial score (nSPS) is 14.8. The maximum Gasteiger partial charge on any atom is 0.406 e. The third-order valence-corrected chi connectivity index (χ3v) is 4.18. The van der Waals surface area contributed by atoms with Gasteiger partial charge >= 0.3 is 6.18 Å². The molecule has 0 spiro atoms. The lowest BCUT2D eigenvalue weighted by Gasteiger charge is -2.12. The van der Waals surface area contributed by atoms with Gasteiger partial charge in [-0.2, -0.15) is 17.6 Å². The molecule has 2 rings (SSSR count). The van der Waals surface area contributed by atoms with E-state index in [1.54, 1.807) is 32.9 Å². The van der Waals surface area contributed by atoms with Crippen LogP contribution >= 0.6 is 0 Å². The van der Waals surface area contributed by atoms with E-state index in [9.17, 15) is 17.4 Å². The summed E-state index contributed by atoms with van der Waals surface area (Å²) in [5, 5.41) is 0.627. The minimum absolute atomic E-state index is 0.395. The molecule has 8 heteroatoms. The lowest BCUT2D eigenvalue weighted by Crippen LogP contribution is -2.19. The van der Waals surface area contributed by atoms with E-state index >= 15 is 0 Å². The topological polar surface area (TPSA) is 47.2 Å². The molecule has 0 radical (unpaired) electrons. The third-order valence-electron chi connectivity index (χ3n) is 2.83. The number of alkyl halides is 3. The molecule has 1 unspecified atom stereocenters. The van der Waals surface area contributed by atoms with Crippen molar-refractivity contribution in [3.63, 3.8) is 0 Å². The summed E-state index contributed by atoms with van der Waals surface area (Å²) in [4.78, 5) is 4.05. The Hall–Kier alpha value is -1.70. The van der Waals surface area contributed by atoms with Gasteiger partial charge in [0, 0.05) is 11.6 Å². The van der Waals surface area contributed by atoms with Crippen LogP contribution in [-0.2, 0) is 17.5 Å². The maximum atomic E-state index is 12.5. The molecule has 1 atom stereocenters. The Morgan fingerprint density at radius 3 is 2.64 bits per heavy atom. The van der Waals surface area contributed by atoms with Gasteiger partial charge in [-0.3, -0.25) is 4.98 Å². The Kier molecular flexibility index (Phi) is 4.42. The highest BCUT2D eigenvalue weighted by molar-refractivity contribution is 7.85. The number of hydrogen-bond acceptors (Lipinski definition) is 2. The van der Waals surface area contributed by atoms with Crippen molar-refractivity contribution in [2.24, 2.45) is 4.40 Å². The quantitative estimate of drug-likeness (QED) is 0.809. The summed E-state index contributed by atoms with van der Waals surface area (Å²) in [5.74, 6) is 0. The molecule has 0 saturated heterocycles. The smallest absolute Gasteiger partial charge is 0.337 e. The summed E-state index contributed by atoms with van der Waals surface area (Å²) in [6, 6.07) is 3.20. The predicted molar refractivity (Wildman–Crippen MR) is 81.3 cm³/mol. The fourth-order valence-corrected chi connectivity index (χ4v) is 2.29. The Morgan fingerprint density at radius 1 is 1.36 bits per heavy atom. The highest BCUT2D eigenvalue weighted by atomic mass is 32.2. The van der Waals surface area contributed by atoms with Crippen LogP contribution in [0.1, 0.15) is 26.5 Å². The van der Waals surface area contributed by atoms with Gasteiger partial charge in [0.15, 0.2) is 0 Å². The summed E-state index contributed by atoms with van der Waals surface area (Å²) in [6.07, 6.45) is -0.173. The van der Waals surface area contributed by atoms with Crippen LogP contribution in [-0.4, -0.2) is 30.9 Å². The number of rotatable bonds is 3. The van der Waals surface area contributed by atoms with E-state index in [1.165, 1.54) is 18.6 Å². The first-order valence-electron chi connectivity index (χ1n) is 6.54. The first-order chi connectivity index (χ1) is 10.1. The van der Waals surface area contributed by atoms with Crippen LogP contribution in [0, 0.1) is 0 Å². The number of hydrogen-bond donors (Lipinski definition) is 0. The van der Waals surface area contributed by atoms with E-state index in [0.29, 0.717) is 16.6 Å². The molecule has 0 aliphatic heterocycles. The zero-order chi connectivity index (χ0) is 16.5. The molecule has 2 aromatic rings. The molecule has 0 aliphatic rings. The molecule has 4 nitrogen and oxygen atoms in total. The molecule has 0 N–H and O–H groups in total. The van der Waals surface area contributed by atoms with Crippen molar-refractivity contribution in [3.05, 3.63) is 30.2 Å². The van der Waals surface area contributed by atoms with Crippen molar-refractivity contribution in [2.75, 3.05) is 0 Å². The largest absolute Gasteiger partial charge is 0.406 e. The van der Waals surface area contributed by atoms with Gasteiger partial charge in [-0.1, -0.05) is 0 Å². The monoisotopic (exact) mass is 331 g/mol. The van der Waals surface area contributed by atoms with Crippen molar-refractivity contribution in [3.8, 4) is 0 Å². The highest BCUT2D eigenvalue weighted by Gasteiger charge is 2.28. The predicted octanol–water partition coefficient (Wildman–Crippen LogP) is 3.48. The first kappa shape index (κ1) is 16.7. The van der Waals surface area contributed by atoms with E-state index in [4.69, 9.17) is 0 Å². The van der Waals surface area contributed by atoms with Gasteiger partial charge in [-0.25, -0.2) is 4.21 Å². The van der Waals surface area contributed by atoms with Crippen LogP contribution in [0.2, 0.25) is 0 Å². The minimum Gasteiger partial charge on any atom is -0.337 e. The summed E-state index contributed by atoms with van der Waals surface area (Å²) in [5.41, 5.74) is 0.848. The van der Waals surface area contributed by atoms with Crippen molar-refractivity contribution in [1.29, 1.82) is 0 Å². The third kappa shape index (κ3) is 4.16. The molecule has 0 aliphatic carbocycles. The van der Waals surface area contributed by atoms with Crippen LogP contribution in [0.25, 0.3) is 10.9 Å². The Morgan fingerprint density at radius 2 is 2.05 bits per heavy atom. The van der Waals surface area contributed by atoms with Crippen LogP contribution in [0.4, 0.5) is 13.2 Å². The summed E-state index contributed by atoms with van der Waals surface area (Å²) >= 11 is 0. The molecule has 0 amide bonds. The maximum absolute atomic E-state index is 12.5. The first-order valence-corrected chi connectivity index (χ1v) is 7.65. The van der Waals surface area contributed by atoms with Crippen LogP contribution < -0.4 is 0 Å². The second kappa shape index (κ2) is 5.83. The Labute approximate surface area is 128 Å². The van der Waals surface area contributed by atoms with Crippen molar-refractivity contribution >= 4 is 28.1 Å². The van der Waals surface area contributed by atoms with Crippen molar-refractivity contribution in [2.45, 2.75) is 38.2 Å². The lowest BCUT2D eigenvalue weighted by atomic mass is 10.3. The molecule has 0 saturated carbocycles. The molecule has 2 aromatic heterocycles. The fourth-order valence-electron chi connectivity index (χ4n) is 1.77. The molecule has 120 valence electrons. The number of fused-ring (bicyclic) bond motifs is 1. The summed E-state index contributed by atoms with van der Waals surface area (Å²) < 4.78 is 53.7. The molecular formula is C14H16F3N3OS. The second-order valence-electron chi connectivity index (χ2n) is 5.82. The lowest BCUT2D eigenvalue weighted by molar-refractivity contribution is -0.139. The SMILES string of the molecule is CC(C)(C)S(=O)/N=C/c1cc2ccn(CC(F)(F)F)c2cn1.